The molecule has 3 unspecified atom stereocenters. The molecular formula is C16H25N3O3S. The molecule has 3 rings (SSSR count). The van der Waals surface area contributed by atoms with Crippen molar-refractivity contribution in [2.24, 2.45) is 0 Å². The Kier molecular flexibility index (Phi) is 5.33. The summed E-state index contributed by atoms with van der Waals surface area (Å²) in [5, 5.41) is 10.4. The highest BCUT2D eigenvalue weighted by Crippen LogP contribution is 2.25. The van der Waals surface area contributed by atoms with Gasteiger partial charge in [0.05, 0.1) is 17.7 Å². The molecule has 6 nitrogen and oxygen atoms in total. The summed E-state index contributed by atoms with van der Waals surface area (Å²) in [6.45, 7) is 2.48. The maximum Gasteiger partial charge on any atom is 0.175 e. The van der Waals surface area contributed by atoms with Gasteiger partial charge in [0.15, 0.2) is 9.84 Å². The SMILES string of the molecule is CS(=O)(=O)c1ccc(C2CCCC(NCC3NCCO3)N2)cc1. The molecule has 0 spiro atoms. The molecule has 3 N–H and O–H groups in total. The first-order chi connectivity index (χ1) is 11.0. The molecule has 0 saturated carbocycles. The molecule has 3 atom stereocenters. The Bertz CT molecular complexity index is 612. The third-order valence-electron chi connectivity index (χ3n) is 4.44. The number of sulfone groups is 1. The first kappa shape index (κ1) is 16.9. The lowest BCUT2D eigenvalue weighted by Gasteiger charge is -2.32. The van der Waals surface area contributed by atoms with Gasteiger partial charge in [-0.05, 0) is 37.0 Å². The lowest BCUT2D eigenvalue weighted by Crippen LogP contribution is -2.50. The number of hydrogen-bond acceptors (Lipinski definition) is 6. The first-order valence-corrected chi connectivity index (χ1v) is 10.1. The number of hydrogen-bond donors (Lipinski definition) is 3. The molecule has 0 bridgehead atoms. The summed E-state index contributed by atoms with van der Waals surface area (Å²) in [5.41, 5.74) is 1.14. The van der Waals surface area contributed by atoms with Gasteiger partial charge >= 0.3 is 0 Å². The van der Waals surface area contributed by atoms with Crippen LogP contribution in [0.5, 0.6) is 0 Å². The molecule has 1 aromatic carbocycles. The Morgan fingerprint density at radius 1 is 1.26 bits per heavy atom. The number of benzene rings is 1. The molecule has 23 heavy (non-hydrogen) atoms. The lowest BCUT2D eigenvalue weighted by atomic mass is 9.96. The van der Waals surface area contributed by atoms with Crippen LogP contribution in [0.1, 0.15) is 30.9 Å². The minimum Gasteiger partial charge on any atom is -0.361 e. The van der Waals surface area contributed by atoms with Crippen LogP contribution in [0.15, 0.2) is 29.2 Å². The summed E-state index contributed by atoms with van der Waals surface area (Å²) in [7, 11) is -3.13. The zero-order chi connectivity index (χ0) is 16.3. The third kappa shape index (κ3) is 4.51. The number of ether oxygens (including phenoxy) is 1. The maximum atomic E-state index is 11.5. The highest BCUT2D eigenvalue weighted by Gasteiger charge is 2.23. The Morgan fingerprint density at radius 2 is 2.04 bits per heavy atom. The second-order valence-corrected chi connectivity index (χ2v) is 8.28. The highest BCUT2D eigenvalue weighted by molar-refractivity contribution is 7.90. The van der Waals surface area contributed by atoms with Gasteiger partial charge < -0.3 is 4.74 Å². The van der Waals surface area contributed by atoms with Gasteiger partial charge in [0, 0.05) is 25.4 Å². The molecule has 0 aromatic heterocycles. The molecule has 2 aliphatic rings. The Hall–Kier alpha value is -0.990. The summed E-state index contributed by atoms with van der Waals surface area (Å²) < 4.78 is 28.6. The molecule has 128 valence electrons. The summed E-state index contributed by atoms with van der Waals surface area (Å²) >= 11 is 0. The molecule has 1 aromatic rings. The highest BCUT2D eigenvalue weighted by atomic mass is 32.2. The van der Waals surface area contributed by atoms with Gasteiger partial charge in [-0.15, -0.1) is 0 Å². The summed E-state index contributed by atoms with van der Waals surface area (Å²) in [6, 6.07) is 7.47. The van der Waals surface area contributed by atoms with Crippen LogP contribution in [-0.2, 0) is 14.6 Å². The van der Waals surface area contributed by atoms with Crippen LogP contribution < -0.4 is 16.0 Å². The van der Waals surface area contributed by atoms with E-state index in [9.17, 15) is 8.42 Å². The Balaban J connectivity index is 1.57. The standard InChI is InChI=1S/C16H25N3O3S/c1-23(20,21)13-7-5-12(6-8-13)14-3-2-4-15(19-14)18-11-16-17-9-10-22-16/h5-8,14-19H,2-4,9-11H2,1H3. The fraction of sp³-hybridized carbons (Fsp3) is 0.625. The normalized spacial score (nSPS) is 28.8. The molecule has 2 aliphatic heterocycles. The van der Waals surface area contributed by atoms with Crippen molar-refractivity contribution in [1.29, 1.82) is 0 Å². The fourth-order valence-electron chi connectivity index (χ4n) is 3.17. The molecule has 2 saturated heterocycles. The quantitative estimate of drug-likeness (QED) is 0.735. The number of rotatable bonds is 5. The van der Waals surface area contributed by atoms with E-state index < -0.39 is 9.84 Å². The molecule has 2 heterocycles. The molecule has 2 fully saturated rings. The smallest absolute Gasteiger partial charge is 0.175 e. The van der Waals surface area contributed by atoms with Crippen molar-refractivity contribution in [3.63, 3.8) is 0 Å². The van der Waals surface area contributed by atoms with Crippen LogP contribution in [0.2, 0.25) is 0 Å². The molecular weight excluding hydrogens is 314 g/mol. The average molecular weight is 339 g/mol. The van der Waals surface area contributed by atoms with Crippen molar-refractivity contribution < 1.29 is 13.2 Å². The van der Waals surface area contributed by atoms with Gasteiger partial charge in [-0.3, -0.25) is 16.0 Å². The largest absolute Gasteiger partial charge is 0.361 e. The van der Waals surface area contributed by atoms with Crippen molar-refractivity contribution >= 4 is 9.84 Å². The Morgan fingerprint density at radius 3 is 2.70 bits per heavy atom. The maximum absolute atomic E-state index is 11.5. The van der Waals surface area contributed by atoms with E-state index in [-0.39, 0.29) is 18.4 Å². The van der Waals surface area contributed by atoms with Crippen LogP contribution in [0.4, 0.5) is 0 Å². The predicted molar refractivity (Wildman–Crippen MR) is 88.8 cm³/mol. The molecule has 7 heteroatoms. The summed E-state index contributed by atoms with van der Waals surface area (Å²) in [4.78, 5) is 0.371. The third-order valence-corrected chi connectivity index (χ3v) is 5.57. The average Bonchev–Trinajstić information content (AvgIpc) is 3.06. The fourth-order valence-corrected chi connectivity index (χ4v) is 3.80. The Labute approximate surface area is 137 Å². The molecule has 0 amide bonds. The van der Waals surface area contributed by atoms with Crippen molar-refractivity contribution in [3.05, 3.63) is 29.8 Å². The van der Waals surface area contributed by atoms with E-state index in [4.69, 9.17) is 4.74 Å². The lowest BCUT2D eigenvalue weighted by molar-refractivity contribution is 0.0936. The number of nitrogens with one attached hydrogen (secondary N) is 3. The topological polar surface area (TPSA) is 79.5 Å². The van der Waals surface area contributed by atoms with E-state index in [0.29, 0.717) is 4.90 Å². The van der Waals surface area contributed by atoms with Crippen molar-refractivity contribution in [1.82, 2.24) is 16.0 Å². The zero-order valence-corrected chi connectivity index (χ0v) is 14.2. The molecule has 0 radical (unpaired) electrons. The van der Waals surface area contributed by atoms with Gasteiger partial charge in [0.2, 0.25) is 0 Å². The van der Waals surface area contributed by atoms with Crippen molar-refractivity contribution in [2.75, 3.05) is 26.0 Å². The summed E-state index contributed by atoms with van der Waals surface area (Å²) in [5.74, 6) is 0. The van der Waals surface area contributed by atoms with Crippen LogP contribution in [0.25, 0.3) is 0 Å². The van der Waals surface area contributed by atoms with Crippen molar-refractivity contribution in [3.8, 4) is 0 Å². The minimum absolute atomic E-state index is 0.103. The monoisotopic (exact) mass is 339 g/mol. The van der Waals surface area contributed by atoms with E-state index in [1.165, 1.54) is 6.26 Å². The number of piperidine rings is 1. The van der Waals surface area contributed by atoms with E-state index in [2.05, 4.69) is 16.0 Å². The zero-order valence-electron chi connectivity index (χ0n) is 13.4. The van der Waals surface area contributed by atoms with E-state index >= 15 is 0 Å². The van der Waals surface area contributed by atoms with Crippen LogP contribution in [0, 0.1) is 0 Å². The second-order valence-electron chi connectivity index (χ2n) is 6.27. The van der Waals surface area contributed by atoms with E-state index in [1.54, 1.807) is 12.1 Å². The van der Waals surface area contributed by atoms with Crippen LogP contribution in [-0.4, -0.2) is 46.8 Å². The van der Waals surface area contributed by atoms with E-state index in [0.717, 1.165) is 44.5 Å². The van der Waals surface area contributed by atoms with Gasteiger partial charge in [-0.25, -0.2) is 8.42 Å². The van der Waals surface area contributed by atoms with E-state index in [1.807, 2.05) is 12.1 Å². The van der Waals surface area contributed by atoms with Gasteiger partial charge in [0.1, 0.15) is 6.23 Å². The predicted octanol–water partition coefficient (Wildman–Crippen LogP) is 0.766. The van der Waals surface area contributed by atoms with Gasteiger partial charge in [-0.1, -0.05) is 12.1 Å². The van der Waals surface area contributed by atoms with Gasteiger partial charge in [-0.2, -0.15) is 0 Å². The second kappa shape index (κ2) is 7.27. The van der Waals surface area contributed by atoms with Crippen LogP contribution in [0.3, 0.4) is 0 Å². The van der Waals surface area contributed by atoms with Gasteiger partial charge in [0.25, 0.3) is 0 Å². The molecule has 0 aliphatic carbocycles. The summed E-state index contributed by atoms with van der Waals surface area (Å²) in [6.07, 6.45) is 4.89. The first-order valence-electron chi connectivity index (χ1n) is 8.17. The van der Waals surface area contributed by atoms with Crippen LogP contribution >= 0.6 is 0 Å². The van der Waals surface area contributed by atoms with Crippen molar-refractivity contribution in [2.45, 2.75) is 42.6 Å². The minimum atomic E-state index is -3.13.